The van der Waals surface area contributed by atoms with Crippen LogP contribution < -0.4 is 5.32 Å². The van der Waals surface area contributed by atoms with Crippen LogP contribution in [-0.4, -0.2) is 27.7 Å². The average molecular weight is 262 g/mol. The fourth-order valence-corrected chi connectivity index (χ4v) is 2.36. The molecule has 0 aliphatic carbocycles. The SMILES string of the molecule is CCCn1nncc1C1CC(C(F)(F)F)CCN1. The van der Waals surface area contributed by atoms with E-state index < -0.39 is 12.1 Å². The highest BCUT2D eigenvalue weighted by Gasteiger charge is 2.42. The monoisotopic (exact) mass is 262 g/mol. The maximum absolute atomic E-state index is 12.7. The van der Waals surface area contributed by atoms with Crippen LogP contribution in [0.15, 0.2) is 6.20 Å². The molecule has 0 aromatic carbocycles. The topological polar surface area (TPSA) is 42.7 Å². The molecule has 1 aromatic heterocycles. The van der Waals surface area contributed by atoms with Gasteiger partial charge in [-0.3, -0.25) is 0 Å². The van der Waals surface area contributed by atoms with Crippen molar-refractivity contribution < 1.29 is 13.2 Å². The van der Waals surface area contributed by atoms with Crippen molar-refractivity contribution in [3.05, 3.63) is 11.9 Å². The third-order valence-corrected chi connectivity index (χ3v) is 3.31. The lowest BCUT2D eigenvalue weighted by atomic mass is 9.90. The molecule has 0 bridgehead atoms. The van der Waals surface area contributed by atoms with E-state index in [2.05, 4.69) is 15.6 Å². The van der Waals surface area contributed by atoms with E-state index in [0.717, 1.165) is 12.1 Å². The molecule has 0 saturated carbocycles. The van der Waals surface area contributed by atoms with Crippen molar-refractivity contribution in [2.75, 3.05) is 6.54 Å². The van der Waals surface area contributed by atoms with Crippen LogP contribution in [0, 0.1) is 5.92 Å². The maximum atomic E-state index is 12.7. The van der Waals surface area contributed by atoms with Crippen molar-refractivity contribution in [1.29, 1.82) is 0 Å². The number of rotatable bonds is 3. The highest BCUT2D eigenvalue weighted by Crippen LogP contribution is 2.37. The second-order valence-electron chi connectivity index (χ2n) is 4.65. The van der Waals surface area contributed by atoms with Gasteiger partial charge < -0.3 is 5.32 Å². The lowest BCUT2D eigenvalue weighted by molar-refractivity contribution is -0.183. The summed E-state index contributed by atoms with van der Waals surface area (Å²) in [6.07, 6.45) is -1.45. The highest BCUT2D eigenvalue weighted by molar-refractivity contribution is 5.04. The normalized spacial score (nSPS) is 25.3. The summed E-state index contributed by atoms with van der Waals surface area (Å²) >= 11 is 0. The third-order valence-electron chi connectivity index (χ3n) is 3.31. The van der Waals surface area contributed by atoms with Gasteiger partial charge in [0, 0.05) is 6.54 Å². The quantitative estimate of drug-likeness (QED) is 0.908. The van der Waals surface area contributed by atoms with Gasteiger partial charge in [0.1, 0.15) is 0 Å². The van der Waals surface area contributed by atoms with Crippen molar-refractivity contribution in [1.82, 2.24) is 20.3 Å². The Hall–Kier alpha value is -1.11. The fourth-order valence-electron chi connectivity index (χ4n) is 2.36. The lowest BCUT2D eigenvalue weighted by Gasteiger charge is -2.31. The van der Waals surface area contributed by atoms with E-state index in [0.29, 0.717) is 13.1 Å². The molecule has 7 heteroatoms. The molecule has 2 unspecified atom stereocenters. The van der Waals surface area contributed by atoms with Crippen LogP contribution in [0.2, 0.25) is 0 Å². The third kappa shape index (κ3) is 2.82. The Morgan fingerprint density at radius 1 is 1.50 bits per heavy atom. The summed E-state index contributed by atoms with van der Waals surface area (Å²) in [6.45, 7) is 3.06. The van der Waals surface area contributed by atoms with Gasteiger partial charge in [0.05, 0.1) is 23.9 Å². The summed E-state index contributed by atoms with van der Waals surface area (Å²) in [5.41, 5.74) is 0.755. The molecule has 1 aromatic rings. The first-order valence-corrected chi connectivity index (χ1v) is 6.21. The Morgan fingerprint density at radius 3 is 2.94 bits per heavy atom. The van der Waals surface area contributed by atoms with E-state index in [1.54, 1.807) is 10.9 Å². The summed E-state index contributed by atoms with van der Waals surface area (Å²) in [7, 11) is 0. The number of aromatic nitrogens is 3. The Kier molecular flexibility index (Phi) is 3.89. The van der Waals surface area contributed by atoms with Crippen LogP contribution in [0.4, 0.5) is 13.2 Å². The van der Waals surface area contributed by atoms with Crippen LogP contribution in [0.25, 0.3) is 0 Å². The average Bonchev–Trinajstić information content (AvgIpc) is 2.77. The Balaban J connectivity index is 2.11. The smallest absolute Gasteiger partial charge is 0.309 e. The molecule has 1 saturated heterocycles. The van der Waals surface area contributed by atoms with Gasteiger partial charge in [0.15, 0.2) is 0 Å². The van der Waals surface area contributed by atoms with Gasteiger partial charge in [-0.2, -0.15) is 13.2 Å². The number of nitrogens with zero attached hydrogens (tertiary/aromatic N) is 3. The molecule has 1 aliphatic rings. The van der Waals surface area contributed by atoms with Crippen molar-refractivity contribution in [3.8, 4) is 0 Å². The van der Waals surface area contributed by atoms with Crippen LogP contribution >= 0.6 is 0 Å². The predicted octanol–water partition coefficient (Wildman–Crippen LogP) is 2.29. The summed E-state index contributed by atoms with van der Waals surface area (Å²) in [5, 5.41) is 10.8. The summed E-state index contributed by atoms with van der Waals surface area (Å²) in [4.78, 5) is 0. The standard InChI is InChI=1S/C11H17F3N4/c1-2-5-18-10(7-16-17-18)9-6-8(3-4-15-9)11(12,13)14/h7-9,15H,2-6H2,1H3. The van der Waals surface area contributed by atoms with E-state index >= 15 is 0 Å². The van der Waals surface area contributed by atoms with E-state index in [9.17, 15) is 13.2 Å². The van der Waals surface area contributed by atoms with E-state index in [1.165, 1.54) is 0 Å². The summed E-state index contributed by atoms with van der Waals surface area (Å²) < 4.78 is 39.9. The van der Waals surface area contributed by atoms with Crippen LogP contribution in [0.1, 0.15) is 37.9 Å². The van der Waals surface area contributed by atoms with Crippen molar-refractivity contribution in [2.45, 2.75) is 44.9 Å². The zero-order valence-corrected chi connectivity index (χ0v) is 10.2. The lowest BCUT2D eigenvalue weighted by Crippen LogP contribution is -2.38. The molecule has 4 nitrogen and oxygen atoms in total. The first kappa shape index (κ1) is 13.3. The molecule has 0 radical (unpaired) electrons. The second kappa shape index (κ2) is 5.26. The molecule has 0 amide bonds. The Morgan fingerprint density at radius 2 is 2.28 bits per heavy atom. The minimum Gasteiger partial charge on any atom is -0.309 e. The Bertz CT molecular complexity index is 388. The molecular formula is C11H17F3N4. The number of hydrogen-bond acceptors (Lipinski definition) is 3. The molecule has 1 fully saturated rings. The molecular weight excluding hydrogens is 245 g/mol. The predicted molar refractivity (Wildman–Crippen MR) is 59.8 cm³/mol. The molecule has 2 atom stereocenters. The van der Waals surface area contributed by atoms with Gasteiger partial charge in [0.2, 0.25) is 0 Å². The largest absolute Gasteiger partial charge is 0.391 e. The van der Waals surface area contributed by atoms with Gasteiger partial charge >= 0.3 is 6.18 Å². The number of hydrogen-bond donors (Lipinski definition) is 1. The number of piperidine rings is 1. The minimum atomic E-state index is -4.11. The molecule has 1 aliphatic heterocycles. The first-order chi connectivity index (χ1) is 8.52. The number of nitrogens with one attached hydrogen (secondary N) is 1. The second-order valence-corrected chi connectivity index (χ2v) is 4.65. The van der Waals surface area contributed by atoms with E-state index in [4.69, 9.17) is 0 Å². The zero-order chi connectivity index (χ0) is 13.2. The summed E-state index contributed by atoms with van der Waals surface area (Å²) in [6, 6.07) is -0.299. The fraction of sp³-hybridized carbons (Fsp3) is 0.818. The van der Waals surface area contributed by atoms with Crippen molar-refractivity contribution in [3.63, 3.8) is 0 Å². The molecule has 2 heterocycles. The van der Waals surface area contributed by atoms with Crippen LogP contribution in [-0.2, 0) is 6.54 Å². The molecule has 2 rings (SSSR count). The van der Waals surface area contributed by atoms with Gasteiger partial charge in [0.25, 0.3) is 0 Å². The molecule has 18 heavy (non-hydrogen) atoms. The Labute approximate surface area is 104 Å². The van der Waals surface area contributed by atoms with Gasteiger partial charge in [-0.05, 0) is 25.8 Å². The molecule has 1 N–H and O–H groups in total. The first-order valence-electron chi connectivity index (χ1n) is 6.21. The number of alkyl halides is 3. The van der Waals surface area contributed by atoms with Gasteiger partial charge in [-0.1, -0.05) is 12.1 Å². The number of aryl methyl sites for hydroxylation is 1. The zero-order valence-electron chi connectivity index (χ0n) is 10.2. The molecule has 102 valence electrons. The maximum Gasteiger partial charge on any atom is 0.391 e. The van der Waals surface area contributed by atoms with Crippen LogP contribution in [0.3, 0.4) is 0 Å². The summed E-state index contributed by atoms with van der Waals surface area (Å²) in [5.74, 6) is -1.23. The van der Waals surface area contributed by atoms with Gasteiger partial charge in [-0.15, -0.1) is 5.10 Å². The van der Waals surface area contributed by atoms with Crippen molar-refractivity contribution >= 4 is 0 Å². The highest BCUT2D eigenvalue weighted by atomic mass is 19.4. The van der Waals surface area contributed by atoms with Crippen molar-refractivity contribution in [2.24, 2.45) is 5.92 Å². The van der Waals surface area contributed by atoms with E-state index in [-0.39, 0.29) is 18.9 Å². The molecule has 0 spiro atoms. The van der Waals surface area contributed by atoms with Crippen LogP contribution in [0.5, 0.6) is 0 Å². The minimum absolute atomic E-state index is 0.0700. The van der Waals surface area contributed by atoms with E-state index in [1.807, 2.05) is 6.92 Å². The number of halogens is 3. The van der Waals surface area contributed by atoms with Gasteiger partial charge in [-0.25, -0.2) is 4.68 Å².